The average molecular weight is 368 g/mol. The standard InChI is InChI=1S/C23H33N3O/c1-15-13-26(14-25-15)20-7-6-18-17-5-4-16-12-21(27)24-11-10-22(16,2)19(17)8-9-23(18,20)3/h12-14,17-20H,4-11H2,1-3H3,(H,24,27)/t17-,18-,19-,20?,22-,23-/m0/s1. The maximum Gasteiger partial charge on any atom is 0.243 e. The third kappa shape index (κ3) is 2.48. The molecule has 3 saturated carbocycles. The van der Waals surface area contributed by atoms with Gasteiger partial charge < -0.3 is 9.88 Å². The number of nitrogens with zero attached hydrogens (tertiary/aromatic N) is 2. The third-order valence-electron chi connectivity index (χ3n) is 9.03. The van der Waals surface area contributed by atoms with Crippen LogP contribution in [0.5, 0.6) is 0 Å². The Morgan fingerprint density at radius 1 is 1.15 bits per heavy atom. The van der Waals surface area contributed by atoms with Gasteiger partial charge in [-0.3, -0.25) is 4.79 Å². The number of carbonyl (C=O) groups is 1. The van der Waals surface area contributed by atoms with Crippen LogP contribution in [0, 0.1) is 35.5 Å². The lowest BCUT2D eigenvalue weighted by Gasteiger charge is -2.57. The first-order valence-electron chi connectivity index (χ1n) is 10.9. The predicted molar refractivity (Wildman–Crippen MR) is 106 cm³/mol. The number of fused-ring (bicyclic) bond motifs is 5. The molecule has 0 saturated heterocycles. The van der Waals surface area contributed by atoms with Crippen LogP contribution in [0.2, 0.25) is 0 Å². The molecule has 0 radical (unpaired) electrons. The number of imidazole rings is 1. The molecule has 2 heterocycles. The van der Waals surface area contributed by atoms with Crippen molar-refractivity contribution in [2.24, 2.45) is 28.6 Å². The first-order chi connectivity index (χ1) is 12.9. The van der Waals surface area contributed by atoms with Gasteiger partial charge in [0.25, 0.3) is 0 Å². The molecule has 27 heavy (non-hydrogen) atoms. The predicted octanol–water partition coefficient (Wildman–Crippen LogP) is 4.42. The maximum atomic E-state index is 12.1. The zero-order valence-corrected chi connectivity index (χ0v) is 17.0. The van der Waals surface area contributed by atoms with Crippen LogP contribution in [-0.4, -0.2) is 22.0 Å². The van der Waals surface area contributed by atoms with E-state index < -0.39 is 0 Å². The van der Waals surface area contributed by atoms with Crippen LogP contribution in [0.3, 0.4) is 0 Å². The first-order valence-corrected chi connectivity index (χ1v) is 10.9. The fourth-order valence-corrected chi connectivity index (χ4v) is 7.64. The molecule has 0 bridgehead atoms. The molecule has 4 nitrogen and oxygen atoms in total. The van der Waals surface area contributed by atoms with Gasteiger partial charge in [0.1, 0.15) is 0 Å². The Morgan fingerprint density at radius 2 is 2.00 bits per heavy atom. The number of hydrogen-bond donors (Lipinski definition) is 1. The van der Waals surface area contributed by atoms with Crippen LogP contribution in [-0.2, 0) is 4.79 Å². The summed E-state index contributed by atoms with van der Waals surface area (Å²) in [5, 5.41) is 3.08. The molecule has 3 fully saturated rings. The average Bonchev–Trinajstić information content (AvgIpc) is 3.15. The van der Waals surface area contributed by atoms with Gasteiger partial charge in [0.2, 0.25) is 5.91 Å². The first kappa shape index (κ1) is 17.5. The van der Waals surface area contributed by atoms with Crippen molar-refractivity contribution < 1.29 is 4.79 Å². The Labute approximate surface area is 162 Å². The lowest BCUT2D eigenvalue weighted by atomic mass is 9.48. The fraction of sp³-hybridized carbons (Fsp3) is 0.739. The highest BCUT2D eigenvalue weighted by Gasteiger charge is 2.59. The van der Waals surface area contributed by atoms with Crippen LogP contribution in [0.4, 0.5) is 0 Å². The van der Waals surface area contributed by atoms with Gasteiger partial charge >= 0.3 is 0 Å². The van der Waals surface area contributed by atoms with Crippen molar-refractivity contribution in [1.82, 2.24) is 14.9 Å². The molecule has 4 aliphatic rings. The molecule has 0 aromatic carbocycles. The molecule has 1 aromatic heterocycles. The second-order valence-electron chi connectivity index (χ2n) is 10.1. The molecule has 5 rings (SSSR count). The highest BCUT2D eigenvalue weighted by atomic mass is 16.1. The van der Waals surface area contributed by atoms with E-state index in [0.717, 1.165) is 42.8 Å². The summed E-state index contributed by atoms with van der Waals surface area (Å²) in [6, 6.07) is 0.603. The van der Waals surface area contributed by atoms with Gasteiger partial charge in [-0.15, -0.1) is 0 Å². The quantitative estimate of drug-likeness (QED) is 0.798. The van der Waals surface area contributed by atoms with E-state index >= 15 is 0 Å². The second kappa shape index (κ2) is 5.96. The van der Waals surface area contributed by atoms with Gasteiger partial charge in [-0.1, -0.05) is 19.4 Å². The number of allylic oxidation sites excluding steroid dienone is 1. The molecule has 6 atom stereocenters. The fourth-order valence-electron chi connectivity index (χ4n) is 7.64. The number of amides is 1. The van der Waals surface area contributed by atoms with Gasteiger partial charge in [0, 0.05) is 24.9 Å². The molecule has 1 N–H and O–H groups in total. The number of nitrogens with one attached hydrogen (secondary N) is 1. The summed E-state index contributed by atoms with van der Waals surface area (Å²) in [6.07, 6.45) is 15.0. The van der Waals surface area contributed by atoms with Crippen molar-refractivity contribution in [2.75, 3.05) is 6.54 Å². The lowest BCUT2D eigenvalue weighted by Crippen LogP contribution is -2.49. The number of hydrogen-bond acceptors (Lipinski definition) is 2. The van der Waals surface area contributed by atoms with Crippen LogP contribution < -0.4 is 5.32 Å². The van der Waals surface area contributed by atoms with Crippen LogP contribution in [0.15, 0.2) is 24.2 Å². The Bertz CT molecular complexity index is 795. The monoisotopic (exact) mass is 367 g/mol. The molecular formula is C23H33N3O. The molecule has 3 aliphatic carbocycles. The number of rotatable bonds is 1. The SMILES string of the molecule is Cc1cn(C2CC[C@H]3[C@@H]4CCC5=CC(=O)NCC[C@]5(C)[C@H]4CC[C@]23C)cn1. The summed E-state index contributed by atoms with van der Waals surface area (Å²) in [7, 11) is 0. The second-order valence-corrected chi connectivity index (χ2v) is 10.1. The summed E-state index contributed by atoms with van der Waals surface area (Å²) in [4.78, 5) is 16.6. The van der Waals surface area contributed by atoms with E-state index in [0.29, 0.717) is 11.5 Å². The summed E-state index contributed by atoms with van der Waals surface area (Å²) in [5.74, 6) is 2.50. The van der Waals surface area contributed by atoms with Crippen LogP contribution in [0.1, 0.15) is 70.5 Å². The van der Waals surface area contributed by atoms with Gasteiger partial charge in [0.15, 0.2) is 0 Å². The minimum Gasteiger partial charge on any atom is -0.353 e. The summed E-state index contributed by atoms with van der Waals surface area (Å²) < 4.78 is 2.42. The van der Waals surface area contributed by atoms with E-state index in [9.17, 15) is 4.79 Å². The van der Waals surface area contributed by atoms with E-state index in [1.165, 1.54) is 37.7 Å². The smallest absolute Gasteiger partial charge is 0.243 e. The number of carbonyl (C=O) groups excluding carboxylic acids is 1. The van der Waals surface area contributed by atoms with Crippen molar-refractivity contribution >= 4 is 5.91 Å². The van der Waals surface area contributed by atoms with Crippen molar-refractivity contribution in [3.63, 3.8) is 0 Å². The summed E-state index contributed by atoms with van der Waals surface area (Å²) >= 11 is 0. The van der Waals surface area contributed by atoms with Crippen molar-refractivity contribution in [3.8, 4) is 0 Å². The maximum absolute atomic E-state index is 12.1. The zero-order chi connectivity index (χ0) is 18.8. The van der Waals surface area contributed by atoms with E-state index in [1.54, 1.807) is 0 Å². The van der Waals surface area contributed by atoms with Crippen molar-refractivity contribution in [1.29, 1.82) is 0 Å². The minimum atomic E-state index is 0.129. The summed E-state index contributed by atoms with van der Waals surface area (Å²) in [5.41, 5.74) is 3.17. The summed E-state index contributed by atoms with van der Waals surface area (Å²) in [6.45, 7) is 7.95. The Morgan fingerprint density at radius 3 is 2.78 bits per heavy atom. The molecule has 0 spiro atoms. The van der Waals surface area contributed by atoms with Crippen LogP contribution in [0.25, 0.3) is 0 Å². The Balaban J connectivity index is 1.47. The van der Waals surface area contributed by atoms with Crippen molar-refractivity contribution in [3.05, 3.63) is 29.9 Å². The normalized spacial score (nSPS) is 43.8. The van der Waals surface area contributed by atoms with E-state index in [1.807, 2.05) is 6.08 Å². The van der Waals surface area contributed by atoms with Gasteiger partial charge in [-0.05, 0) is 80.5 Å². The molecule has 1 aromatic rings. The number of aryl methyl sites for hydroxylation is 1. The van der Waals surface area contributed by atoms with Gasteiger partial charge in [-0.25, -0.2) is 4.98 Å². The highest BCUT2D eigenvalue weighted by molar-refractivity contribution is 5.88. The molecule has 4 heteroatoms. The molecule has 1 aliphatic heterocycles. The van der Waals surface area contributed by atoms with E-state index in [2.05, 4.69) is 48.2 Å². The largest absolute Gasteiger partial charge is 0.353 e. The minimum absolute atomic E-state index is 0.129. The lowest BCUT2D eigenvalue weighted by molar-refractivity contribution is -0.116. The molecule has 1 unspecified atom stereocenters. The van der Waals surface area contributed by atoms with E-state index in [4.69, 9.17) is 0 Å². The third-order valence-corrected chi connectivity index (χ3v) is 9.03. The Hall–Kier alpha value is -1.58. The molecule has 1 amide bonds. The molecule has 146 valence electrons. The highest BCUT2D eigenvalue weighted by Crippen LogP contribution is 2.67. The van der Waals surface area contributed by atoms with E-state index in [-0.39, 0.29) is 11.3 Å². The molecular weight excluding hydrogens is 334 g/mol. The number of aromatic nitrogens is 2. The zero-order valence-electron chi connectivity index (χ0n) is 17.0. The Kier molecular flexibility index (Phi) is 3.86. The van der Waals surface area contributed by atoms with Crippen LogP contribution >= 0.6 is 0 Å². The van der Waals surface area contributed by atoms with Crippen molar-refractivity contribution in [2.45, 2.75) is 71.8 Å². The van der Waals surface area contributed by atoms with Gasteiger partial charge in [-0.2, -0.15) is 0 Å². The topological polar surface area (TPSA) is 46.9 Å². The van der Waals surface area contributed by atoms with Gasteiger partial charge in [0.05, 0.1) is 12.0 Å².